The van der Waals surface area contributed by atoms with E-state index in [1.807, 2.05) is 43.3 Å². The molecule has 2 aromatic rings. The highest BCUT2D eigenvalue weighted by atomic mass is 16.5. The van der Waals surface area contributed by atoms with Gasteiger partial charge in [-0.05, 0) is 47.9 Å². The molecule has 0 saturated carbocycles. The minimum absolute atomic E-state index is 0.283. The van der Waals surface area contributed by atoms with E-state index in [9.17, 15) is 14.4 Å². The molecular formula is C21H25N3O4. The van der Waals surface area contributed by atoms with Crippen LogP contribution in [0.1, 0.15) is 32.3 Å². The second-order valence-corrected chi connectivity index (χ2v) is 7.08. The third-order valence-electron chi connectivity index (χ3n) is 5.05. The number of hydrogen-bond acceptors (Lipinski definition) is 4. The Kier molecular flexibility index (Phi) is 5.53. The minimum atomic E-state index is -1.21. The van der Waals surface area contributed by atoms with E-state index in [0.29, 0.717) is 12.1 Å². The molecule has 3 rings (SSSR count). The first-order valence-electron chi connectivity index (χ1n) is 9.38. The molecule has 28 heavy (non-hydrogen) atoms. The summed E-state index contributed by atoms with van der Waals surface area (Å²) in [6.45, 7) is 3.93. The largest absolute Gasteiger partial charge is 0.497 e. The minimum Gasteiger partial charge on any atom is -0.497 e. The molecule has 1 heterocycles. The monoisotopic (exact) mass is 383 g/mol. The lowest BCUT2D eigenvalue weighted by molar-refractivity contribution is -0.134. The third-order valence-corrected chi connectivity index (χ3v) is 5.05. The van der Waals surface area contributed by atoms with Crippen molar-refractivity contribution in [1.29, 1.82) is 0 Å². The van der Waals surface area contributed by atoms with Gasteiger partial charge in [-0.3, -0.25) is 14.5 Å². The quantitative estimate of drug-likeness (QED) is 0.568. The van der Waals surface area contributed by atoms with E-state index in [0.717, 1.165) is 34.3 Å². The van der Waals surface area contributed by atoms with Crippen molar-refractivity contribution in [1.82, 2.24) is 15.5 Å². The van der Waals surface area contributed by atoms with Gasteiger partial charge in [0.25, 0.3) is 5.91 Å². The van der Waals surface area contributed by atoms with Crippen molar-refractivity contribution in [3.05, 3.63) is 42.0 Å². The first-order valence-corrected chi connectivity index (χ1v) is 9.38. The van der Waals surface area contributed by atoms with Gasteiger partial charge in [0.05, 0.1) is 7.11 Å². The highest BCUT2D eigenvalue weighted by Gasteiger charge is 2.49. The molecule has 1 saturated heterocycles. The average Bonchev–Trinajstić information content (AvgIpc) is 2.91. The fourth-order valence-corrected chi connectivity index (χ4v) is 3.30. The number of nitrogens with zero attached hydrogens (tertiary/aromatic N) is 1. The SMILES string of the molecule is CCCCNC(=O)CN1C(=O)NC(C)(c2ccc3cc(OC)ccc3c2)C1=O. The summed E-state index contributed by atoms with van der Waals surface area (Å²) in [7, 11) is 1.61. The number of imide groups is 1. The van der Waals surface area contributed by atoms with E-state index in [4.69, 9.17) is 4.74 Å². The fraction of sp³-hybridized carbons (Fsp3) is 0.381. The molecule has 2 N–H and O–H groups in total. The maximum Gasteiger partial charge on any atom is 0.325 e. The van der Waals surface area contributed by atoms with Crippen LogP contribution in [0, 0.1) is 0 Å². The van der Waals surface area contributed by atoms with Crippen molar-refractivity contribution < 1.29 is 19.1 Å². The van der Waals surface area contributed by atoms with Crippen LogP contribution < -0.4 is 15.4 Å². The molecule has 1 fully saturated rings. The number of amides is 4. The number of urea groups is 1. The summed E-state index contributed by atoms with van der Waals surface area (Å²) in [4.78, 5) is 38.4. The maximum atomic E-state index is 13.0. The van der Waals surface area contributed by atoms with Crippen LogP contribution in [-0.4, -0.2) is 42.9 Å². The molecule has 1 atom stereocenters. The Bertz CT molecular complexity index is 927. The number of fused-ring (bicyclic) bond motifs is 1. The van der Waals surface area contributed by atoms with E-state index in [2.05, 4.69) is 10.6 Å². The normalized spacial score (nSPS) is 19.0. The van der Waals surface area contributed by atoms with E-state index < -0.39 is 17.5 Å². The smallest absolute Gasteiger partial charge is 0.325 e. The zero-order valence-corrected chi connectivity index (χ0v) is 16.4. The topological polar surface area (TPSA) is 87.7 Å². The predicted molar refractivity (Wildman–Crippen MR) is 106 cm³/mol. The summed E-state index contributed by atoms with van der Waals surface area (Å²) in [6, 6.07) is 10.7. The molecule has 0 aromatic heterocycles. The average molecular weight is 383 g/mol. The number of ether oxygens (including phenoxy) is 1. The molecule has 7 nitrogen and oxygen atoms in total. The Hall–Kier alpha value is -3.09. The van der Waals surface area contributed by atoms with Gasteiger partial charge in [0.2, 0.25) is 5.91 Å². The molecule has 0 aliphatic carbocycles. The summed E-state index contributed by atoms with van der Waals surface area (Å²) >= 11 is 0. The van der Waals surface area contributed by atoms with Crippen LogP contribution in [0.2, 0.25) is 0 Å². The zero-order valence-electron chi connectivity index (χ0n) is 16.4. The van der Waals surface area contributed by atoms with Crippen LogP contribution in [0.5, 0.6) is 5.75 Å². The lowest BCUT2D eigenvalue weighted by Gasteiger charge is -2.22. The number of benzene rings is 2. The lowest BCUT2D eigenvalue weighted by atomic mass is 9.90. The Morgan fingerprint density at radius 2 is 1.89 bits per heavy atom. The predicted octanol–water partition coefficient (Wildman–Crippen LogP) is 2.53. The van der Waals surface area contributed by atoms with E-state index >= 15 is 0 Å². The van der Waals surface area contributed by atoms with E-state index in [1.54, 1.807) is 14.0 Å². The van der Waals surface area contributed by atoms with Crippen LogP contribution in [0.3, 0.4) is 0 Å². The highest BCUT2D eigenvalue weighted by molar-refractivity contribution is 6.09. The Balaban J connectivity index is 1.82. The standard InChI is InChI=1S/C21H25N3O4/c1-4-5-10-22-18(25)13-24-19(26)21(2,23-20(24)27)16-8-6-15-12-17(28-3)9-7-14(15)11-16/h6-9,11-12H,4-5,10,13H2,1-3H3,(H,22,25)(H,23,27). The fourth-order valence-electron chi connectivity index (χ4n) is 3.30. The lowest BCUT2D eigenvalue weighted by Crippen LogP contribution is -2.43. The number of nitrogens with one attached hydrogen (secondary N) is 2. The van der Waals surface area contributed by atoms with Crippen molar-refractivity contribution in [3.63, 3.8) is 0 Å². The Morgan fingerprint density at radius 3 is 2.61 bits per heavy atom. The van der Waals surface area contributed by atoms with Crippen LogP contribution in [0.25, 0.3) is 10.8 Å². The number of carbonyl (C=O) groups is 3. The zero-order chi connectivity index (χ0) is 20.3. The summed E-state index contributed by atoms with van der Waals surface area (Å²) in [6.07, 6.45) is 1.81. The summed E-state index contributed by atoms with van der Waals surface area (Å²) in [5.74, 6) is -0.0280. The second-order valence-electron chi connectivity index (χ2n) is 7.08. The maximum absolute atomic E-state index is 13.0. The molecule has 0 radical (unpaired) electrons. The van der Waals surface area contributed by atoms with Gasteiger partial charge in [-0.1, -0.05) is 31.5 Å². The van der Waals surface area contributed by atoms with Gasteiger partial charge >= 0.3 is 6.03 Å². The molecule has 1 unspecified atom stereocenters. The Morgan fingerprint density at radius 1 is 1.18 bits per heavy atom. The first kappa shape index (κ1) is 19.7. The number of rotatable bonds is 7. The van der Waals surface area contributed by atoms with Crippen molar-refractivity contribution in [2.75, 3.05) is 20.2 Å². The van der Waals surface area contributed by atoms with Gasteiger partial charge < -0.3 is 15.4 Å². The van der Waals surface area contributed by atoms with Gasteiger partial charge in [0, 0.05) is 6.54 Å². The van der Waals surface area contributed by atoms with Gasteiger partial charge in [-0.15, -0.1) is 0 Å². The Labute approximate surface area is 164 Å². The molecule has 148 valence electrons. The van der Waals surface area contributed by atoms with Crippen LogP contribution in [0.15, 0.2) is 36.4 Å². The van der Waals surface area contributed by atoms with E-state index in [-0.39, 0.29) is 12.5 Å². The van der Waals surface area contributed by atoms with Gasteiger partial charge in [0.15, 0.2) is 0 Å². The highest BCUT2D eigenvalue weighted by Crippen LogP contribution is 2.31. The van der Waals surface area contributed by atoms with Crippen LogP contribution in [-0.2, 0) is 15.1 Å². The van der Waals surface area contributed by atoms with Crippen LogP contribution in [0.4, 0.5) is 4.79 Å². The third kappa shape index (κ3) is 3.65. The molecule has 4 amide bonds. The molecular weight excluding hydrogens is 358 g/mol. The molecule has 2 aromatic carbocycles. The molecule has 1 aliphatic heterocycles. The summed E-state index contributed by atoms with van der Waals surface area (Å²) < 4.78 is 5.23. The van der Waals surface area contributed by atoms with Crippen LogP contribution >= 0.6 is 0 Å². The number of methoxy groups -OCH3 is 1. The molecule has 1 aliphatic rings. The summed E-state index contributed by atoms with van der Waals surface area (Å²) in [5.41, 5.74) is -0.549. The second kappa shape index (κ2) is 7.88. The van der Waals surface area contributed by atoms with Crippen molar-refractivity contribution in [2.24, 2.45) is 0 Å². The van der Waals surface area contributed by atoms with Crippen molar-refractivity contribution >= 4 is 28.6 Å². The molecule has 0 bridgehead atoms. The number of unbranched alkanes of at least 4 members (excludes halogenated alkanes) is 1. The van der Waals surface area contributed by atoms with Gasteiger partial charge in [0.1, 0.15) is 17.8 Å². The summed E-state index contributed by atoms with van der Waals surface area (Å²) in [5, 5.41) is 7.36. The first-order chi connectivity index (χ1) is 13.4. The van der Waals surface area contributed by atoms with Gasteiger partial charge in [-0.25, -0.2) is 4.79 Å². The van der Waals surface area contributed by atoms with Crippen molar-refractivity contribution in [2.45, 2.75) is 32.2 Å². The molecule has 7 heteroatoms. The van der Waals surface area contributed by atoms with Crippen molar-refractivity contribution in [3.8, 4) is 5.75 Å². The molecule has 0 spiro atoms. The van der Waals surface area contributed by atoms with E-state index in [1.165, 1.54) is 0 Å². The van der Waals surface area contributed by atoms with Gasteiger partial charge in [-0.2, -0.15) is 0 Å². The number of hydrogen-bond donors (Lipinski definition) is 2. The number of carbonyl (C=O) groups excluding carboxylic acids is 3.